The molecule has 1 saturated heterocycles. The van der Waals surface area contributed by atoms with Crippen molar-refractivity contribution in [2.24, 2.45) is 0 Å². The van der Waals surface area contributed by atoms with Gasteiger partial charge in [0.25, 0.3) is 0 Å². The van der Waals surface area contributed by atoms with Crippen molar-refractivity contribution in [3.8, 4) is 0 Å². The number of thiophene rings is 1. The Kier molecular flexibility index (Phi) is 3.78. The molecule has 2 rings (SSSR count). The highest BCUT2D eigenvalue weighted by Crippen LogP contribution is 2.17. The van der Waals surface area contributed by atoms with Gasteiger partial charge in [0, 0.05) is 29.4 Å². The summed E-state index contributed by atoms with van der Waals surface area (Å²) in [5.41, 5.74) is 0. The van der Waals surface area contributed by atoms with Crippen molar-refractivity contribution in [1.82, 2.24) is 9.80 Å². The highest BCUT2D eigenvalue weighted by atomic mass is 32.1. The second-order valence-electron chi connectivity index (χ2n) is 4.45. The first kappa shape index (κ1) is 11.1. The fourth-order valence-corrected chi connectivity index (χ4v) is 2.98. The van der Waals surface area contributed by atoms with E-state index >= 15 is 0 Å². The third-order valence-electron chi connectivity index (χ3n) is 2.99. The molecule has 0 atom stereocenters. The fourth-order valence-electron chi connectivity index (χ4n) is 2.05. The molecule has 2 nitrogen and oxygen atoms in total. The van der Waals surface area contributed by atoms with E-state index in [1.54, 1.807) is 0 Å². The van der Waals surface area contributed by atoms with Crippen LogP contribution >= 0.6 is 11.3 Å². The standard InChI is InChI=1S/C12H20N2S/c1-11-4-5-12(15-11)10-14-7-3-6-13(2)8-9-14/h4-5H,3,6-10H2,1-2H3. The topological polar surface area (TPSA) is 6.48 Å². The molecule has 0 amide bonds. The number of aryl methyl sites for hydroxylation is 1. The Morgan fingerprint density at radius 3 is 2.80 bits per heavy atom. The van der Waals surface area contributed by atoms with Crippen LogP contribution in [0.15, 0.2) is 12.1 Å². The predicted molar refractivity (Wildman–Crippen MR) is 66.4 cm³/mol. The van der Waals surface area contributed by atoms with Crippen molar-refractivity contribution < 1.29 is 0 Å². The van der Waals surface area contributed by atoms with Gasteiger partial charge in [0.2, 0.25) is 0 Å². The summed E-state index contributed by atoms with van der Waals surface area (Å²) in [4.78, 5) is 7.95. The van der Waals surface area contributed by atoms with E-state index < -0.39 is 0 Å². The summed E-state index contributed by atoms with van der Waals surface area (Å²) in [7, 11) is 2.22. The Labute approximate surface area is 96.5 Å². The molecule has 1 fully saturated rings. The van der Waals surface area contributed by atoms with Gasteiger partial charge in [-0.05, 0) is 45.6 Å². The Balaban J connectivity index is 1.88. The van der Waals surface area contributed by atoms with Gasteiger partial charge in [-0.15, -0.1) is 11.3 Å². The zero-order valence-corrected chi connectivity index (χ0v) is 10.5. The Bertz CT molecular complexity index is 308. The highest BCUT2D eigenvalue weighted by molar-refractivity contribution is 7.11. The van der Waals surface area contributed by atoms with Gasteiger partial charge in [-0.1, -0.05) is 0 Å². The Hall–Kier alpha value is -0.380. The van der Waals surface area contributed by atoms with Crippen LogP contribution in [0.2, 0.25) is 0 Å². The minimum Gasteiger partial charge on any atom is -0.305 e. The zero-order valence-electron chi connectivity index (χ0n) is 9.70. The quantitative estimate of drug-likeness (QED) is 0.760. The normalized spacial score (nSPS) is 20.4. The van der Waals surface area contributed by atoms with Gasteiger partial charge in [0.05, 0.1) is 0 Å². The summed E-state index contributed by atoms with van der Waals surface area (Å²) in [5, 5.41) is 0. The smallest absolute Gasteiger partial charge is 0.0328 e. The minimum absolute atomic E-state index is 1.15. The summed E-state index contributed by atoms with van der Waals surface area (Å²) in [5.74, 6) is 0. The van der Waals surface area contributed by atoms with Gasteiger partial charge < -0.3 is 4.90 Å². The monoisotopic (exact) mass is 224 g/mol. The van der Waals surface area contributed by atoms with Gasteiger partial charge >= 0.3 is 0 Å². The maximum absolute atomic E-state index is 2.58. The molecular formula is C12H20N2S. The van der Waals surface area contributed by atoms with Crippen molar-refractivity contribution in [2.75, 3.05) is 33.2 Å². The molecule has 1 aliphatic heterocycles. The summed E-state index contributed by atoms with van der Waals surface area (Å²) in [6.07, 6.45) is 1.31. The lowest BCUT2D eigenvalue weighted by Crippen LogP contribution is -2.28. The molecule has 3 heteroatoms. The van der Waals surface area contributed by atoms with Crippen LogP contribution < -0.4 is 0 Å². The largest absolute Gasteiger partial charge is 0.305 e. The molecule has 1 aliphatic rings. The van der Waals surface area contributed by atoms with Crippen LogP contribution in [0.1, 0.15) is 16.2 Å². The molecule has 0 bridgehead atoms. The van der Waals surface area contributed by atoms with Crippen molar-refractivity contribution in [2.45, 2.75) is 19.9 Å². The summed E-state index contributed by atoms with van der Waals surface area (Å²) in [6.45, 7) is 8.26. The fraction of sp³-hybridized carbons (Fsp3) is 0.667. The van der Waals surface area contributed by atoms with Crippen LogP contribution in [-0.4, -0.2) is 43.0 Å². The molecule has 1 aromatic heterocycles. The van der Waals surface area contributed by atoms with Crippen LogP contribution in [0.5, 0.6) is 0 Å². The van der Waals surface area contributed by atoms with Crippen LogP contribution in [-0.2, 0) is 6.54 Å². The number of nitrogens with zero attached hydrogens (tertiary/aromatic N) is 2. The minimum atomic E-state index is 1.15. The molecule has 0 aliphatic carbocycles. The van der Waals surface area contributed by atoms with Gasteiger partial charge in [-0.3, -0.25) is 4.90 Å². The van der Waals surface area contributed by atoms with Crippen LogP contribution in [0.3, 0.4) is 0 Å². The van der Waals surface area contributed by atoms with E-state index in [0.717, 1.165) is 6.54 Å². The van der Waals surface area contributed by atoms with Crippen LogP contribution in [0, 0.1) is 6.92 Å². The van der Waals surface area contributed by atoms with Gasteiger partial charge in [0.1, 0.15) is 0 Å². The molecule has 0 N–H and O–H groups in total. The molecule has 0 spiro atoms. The van der Waals surface area contributed by atoms with Gasteiger partial charge in [0.15, 0.2) is 0 Å². The molecule has 0 saturated carbocycles. The van der Waals surface area contributed by atoms with Crippen LogP contribution in [0.4, 0.5) is 0 Å². The summed E-state index contributed by atoms with van der Waals surface area (Å²) >= 11 is 1.93. The van der Waals surface area contributed by atoms with Crippen molar-refractivity contribution >= 4 is 11.3 Å². The maximum atomic E-state index is 2.58. The number of rotatable bonds is 2. The predicted octanol–water partition coefficient (Wildman–Crippen LogP) is 2.19. The van der Waals surface area contributed by atoms with Crippen molar-refractivity contribution in [3.63, 3.8) is 0 Å². The van der Waals surface area contributed by atoms with E-state index in [1.165, 1.54) is 42.4 Å². The molecular weight excluding hydrogens is 204 g/mol. The first-order chi connectivity index (χ1) is 7.24. The lowest BCUT2D eigenvalue weighted by Gasteiger charge is -2.18. The first-order valence-corrected chi connectivity index (χ1v) is 6.52. The van der Waals surface area contributed by atoms with E-state index in [4.69, 9.17) is 0 Å². The Morgan fingerprint density at radius 1 is 1.20 bits per heavy atom. The zero-order chi connectivity index (χ0) is 10.7. The highest BCUT2D eigenvalue weighted by Gasteiger charge is 2.12. The summed E-state index contributed by atoms with van der Waals surface area (Å²) < 4.78 is 0. The molecule has 15 heavy (non-hydrogen) atoms. The molecule has 0 radical (unpaired) electrons. The van der Waals surface area contributed by atoms with Gasteiger partial charge in [-0.2, -0.15) is 0 Å². The summed E-state index contributed by atoms with van der Waals surface area (Å²) in [6, 6.07) is 4.50. The second kappa shape index (κ2) is 5.10. The molecule has 84 valence electrons. The average Bonchev–Trinajstić information content (AvgIpc) is 2.48. The molecule has 2 heterocycles. The third kappa shape index (κ3) is 3.30. The SMILES string of the molecule is Cc1ccc(CN2CCCN(C)CC2)s1. The second-order valence-corrected chi connectivity index (χ2v) is 5.82. The number of likely N-dealkylation sites (N-methyl/N-ethyl adjacent to an activating group) is 1. The third-order valence-corrected chi connectivity index (χ3v) is 3.97. The first-order valence-electron chi connectivity index (χ1n) is 5.70. The number of hydrogen-bond acceptors (Lipinski definition) is 3. The Morgan fingerprint density at radius 2 is 2.07 bits per heavy atom. The van der Waals surface area contributed by atoms with E-state index in [0.29, 0.717) is 0 Å². The van der Waals surface area contributed by atoms with Gasteiger partial charge in [-0.25, -0.2) is 0 Å². The lowest BCUT2D eigenvalue weighted by molar-refractivity contribution is 0.271. The van der Waals surface area contributed by atoms with Crippen molar-refractivity contribution in [3.05, 3.63) is 21.9 Å². The van der Waals surface area contributed by atoms with E-state index in [-0.39, 0.29) is 0 Å². The molecule has 0 aromatic carbocycles. The van der Waals surface area contributed by atoms with Crippen molar-refractivity contribution in [1.29, 1.82) is 0 Å². The van der Waals surface area contributed by atoms with E-state index in [2.05, 4.69) is 35.9 Å². The van der Waals surface area contributed by atoms with E-state index in [9.17, 15) is 0 Å². The maximum Gasteiger partial charge on any atom is 0.0328 e. The molecule has 0 unspecified atom stereocenters. The van der Waals surface area contributed by atoms with Crippen LogP contribution in [0.25, 0.3) is 0 Å². The molecule has 1 aromatic rings. The average molecular weight is 224 g/mol. The number of hydrogen-bond donors (Lipinski definition) is 0. The lowest BCUT2D eigenvalue weighted by atomic mass is 10.3. The van der Waals surface area contributed by atoms with E-state index in [1.807, 2.05) is 11.3 Å².